The van der Waals surface area contributed by atoms with Gasteiger partial charge in [-0.1, -0.05) is 0 Å². The number of piperazine rings is 1. The maximum Gasteiger partial charge on any atom is 0.254 e. The number of aromatic nitrogens is 1. The second-order valence-corrected chi connectivity index (χ2v) is 5.58. The zero-order chi connectivity index (χ0) is 15.4. The third kappa shape index (κ3) is 3.49. The number of hydrogen-bond donors (Lipinski definition) is 1. The Morgan fingerprint density at radius 2 is 1.73 bits per heavy atom. The summed E-state index contributed by atoms with van der Waals surface area (Å²) >= 11 is 0. The van der Waals surface area contributed by atoms with Gasteiger partial charge in [0.25, 0.3) is 5.91 Å². The van der Waals surface area contributed by atoms with Gasteiger partial charge in [-0.2, -0.15) is 0 Å². The van der Waals surface area contributed by atoms with Gasteiger partial charge in [-0.25, -0.2) is 4.39 Å². The van der Waals surface area contributed by atoms with E-state index in [1.165, 1.54) is 22.6 Å². The number of amides is 1. The highest BCUT2D eigenvalue weighted by Gasteiger charge is 2.24. The van der Waals surface area contributed by atoms with Gasteiger partial charge in [-0.05, 0) is 36.4 Å². The molecule has 1 amide bonds. The molecule has 0 unspecified atom stereocenters. The first kappa shape index (κ1) is 14.7. The second kappa shape index (κ2) is 6.66. The highest BCUT2D eigenvalue weighted by Crippen LogP contribution is 2.07. The normalized spacial score (nSPS) is 15.8. The van der Waals surface area contributed by atoms with Gasteiger partial charge in [0.05, 0.1) is 26.2 Å². The van der Waals surface area contributed by atoms with E-state index in [2.05, 4.69) is 4.98 Å². The molecule has 1 saturated heterocycles. The monoisotopic (exact) mass is 300 g/mol. The lowest BCUT2D eigenvalue weighted by atomic mass is 10.1. The molecule has 2 heterocycles. The quantitative estimate of drug-likeness (QED) is 0.909. The van der Waals surface area contributed by atoms with Crippen molar-refractivity contribution in [1.29, 1.82) is 0 Å². The largest absolute Gasteiger partial charge is 0.328 e. The van der Waals surface area contributed by atoms with Gasteiger partial charge < -0.3 is 9.80 Å². The predicted molar refractivity (Wildman–Crippen MR) is 80.9 cm³/mol. The molecular weight excluding hydrogens is 281 g/mol. The van der Waals surface area contributed by atoms with Crippen LogP contribution in [0, 0.1) is 5.82 Å². The van der Waals surface area contributed by atoms with E-state index in [1.807, 2.05) is 29.4 Å². The van der Waals surface area contributed by atoms with Gasteiger partial charge in [0.1, 0.15) is 12.4 Å². The molecule has 4 nitrogen and oxygen atoms in total. The Morgan fingerprint density at radius 1 is 1.09 bits per heavy atom. The summed E-state index contributed by atoms with van der Waals surface area (Å²) in [5, 5.41) is 0. The molecule has 114 valence electrons. The summed E-state index contributed by atoms with van der Waals surface area (Å²) in [4.78, 5) is 19.7. The fourth-order valence-corrected chi connectivity index (χ4v) is 2.77. The summed E-state index contributed by atoms with van der Waals surface area (Å²) in [5.41, 5.74) is 1.82. The average Bonchev–Trinajstić information content (AvgIpc) is 2.57. The Balaban J connectivity index is 1.55. The molecular formula is C17H19FN3O+. The number of halogens is 1. The lowest BCUT2D eigenvalue weighted by molar-refractivity contribution is -0.917. The molecule has 0 spiro atoms. The van der Waals surface area contributed by atoms with Crippen molar-refractivity contribution in [3.8, 4) is 0 Å². The Hall–Kier alpha value is -2.27. The van der Waals surface area contributed by atoms with Crippen LogP contribution in [0.5, 0.6) is 0 Å². The van der Waals surface area contributed by atoms with Crippen molar-refractivity contribution in [2.24, 2.45) is 0 Å². The van der Waals surface area contributed by atoms with Crippen molar-refractivity contribution in [2.75, 3.05) is 26.2 Å². The molecule has 1 aliphatic rings. The van der Waals surface area contributed by atoms with E-state index in [9.17, 15) is 9.18 Å². The fraction of sp³-hybridized carbons (Fsp3) is 0.294. The first-order chi connectivity index (χ1) is 10.7. The first-order valence-electron chi connectivity index (χ1n) is 7.50. The Labute approximate surface area is 129 Å². The van der Waals surface area contributed by atoms with Gasteiger partial charge in [0, 0.05) is 23.5 Å². The van der Waals surface area contributed by atoms with Gasteiger partial charge in [0.15, 0.2) is 0 Å². The molecule has 1 aliphatic heterocycles. The maximum atomic E-state index is 12.9. The lowest BCUT2D eigenvalue weighted by Gasteiger charge is -2.32. The lowest BCUT2D eigenvalue weighted by Crippen LogP contribution is -3.13. The van der Waals surface area contributed by atoms with Crippen LogP contribution < -0.4 is 4.90 Å². The van der Waals surface area contributed by atoms with Gasteiger partial charge in [-0.3, -0.25) is 9.78 Å². The van der Waals surface area contributed by atoms with Crippen LogP contribution in [0.2, 0.25) is 0 Å². The predicted octanol–water partition coefficient (Wildman–Crippen LogP) is 0.762. The molecule has 0 bridgehead atoms. The van der Waals surface area contributed by atoms with Crippen molar-refractivity contribution >= 4 is 5.91 Å². The van der Waals surface area contributed by atoms with E-state index >= 15 is 0 Å². The number of pyridine rings is 1. The summed E-state index contributed by atoms with van der Waals surface area (Å²) in [7, 11) is 0. The Bertz CT molecular complexity index is 622. The standard InChI is InChI=1S/C17H18FN3O/c18-16-3-1-15(2-4-16)17(22)21-11-9-20(10-12-21)13-14-5-7-19-8-6-14/h1-8H,9-13H2/p+1. The van der Waals surface area contributed by atoms with Crippen LogP contribution in [0.1, 0.15) is 15.9 Å². The number of carbonyl (C=O) groups is 1. The van der Waals surface area contributed by atoms with Crippen molar-refractivity contribution < 1.29 is 14.1 Å². The van der Waals surface area contributed by atoms with Crippen molar-refractivity contribution in [3.05, 3.63) is 65.7 Å². The van der Waals surface area contributed by atoms with Gasteiger partial charge in [0.2, 0.25) is 0 Å². The van der Waals surface area contributed by atoms with E-state index in [-0.39, 0.29) is 11.7 Å². The minimum Gasteiger partial charge on any atom is -0.328 e. The van der Waals surface area contributed by atoms with Crippen LogP contribution in [0.4, 0.5) is 4.39 Å². The molecule has 0 saturated carbocycles. The van der Waals surface area contributed by atoms with Gasteiger partial charge in [-0.15, -0.1) is 0 Å². The van der Waals surface area contributed by atoms with E-state index < -0.39 is 0 Å². The van der Waals surface area contributed by atoms with Crippen LogP contribution in [-0.4, -0.2) is 42.0 Å². The number of carbonyl (C=O) groups excluding carboxylic acids is 1. The van der Waals surface area contributed by atoms with Crippen LogP contribution in [0.25, 0.3) is 0 Å². The summed E-state index contributed by atoms with van der Waals surface area (Å²) in [5.74, 6) is -0.328. The molecule has 1 N–H and O–H groups in total. The SMILES string of the molecule is O=C(c1ccc(F)cc1)N1CC[NH+](Cc2ccncc2)CC1. The second-order valence-electron chi connectivity index (χ2n) is 5.58. The number of benzene rings is 1. The fourth-order valence-electron chi connectivity index (χ4n) is 2.77. The molecule has 3 rings (SSSR count). The third-order valence-corrected chi connectivity index (χ3v) is 4.05. The van der Waals surface area contributed by atoms with Gasteiger partial charge >= 0.3 is 0 Å². The number of hydrogen-bond acceptors (Lipinski definition) is 2. The minimum atomic E-state index is -0.317. The number of quaternary nitrogens is 1. The number of nitrogens with one attached hydrogen (secondary N) is 1. The van der Waals surface area contributed by atoms with Crippen molar-refractivity contribution in [3.63, 3.8) is 0 Å². The van der Waals surface area contributed by atoms with E-state index in [4.69, 9.17) is 0 Å². The molecule has 0 aliphatic carbocycles. The van der Waals surface area contributed by atoms with Crippen molar-refractivity contribution in [1.82, 2.24) is 9.88 Å². The van der Waals surface area contributed by atoms with E-state index in [0.29, 0.717) is 5.56 Å². The number of nitrogens with zero attached hydrogens (tertiary/aromatic N) is 2. The topological polar surface area (TPSA) is 37.6 Å². The molecule has 0 atom stereocenters. The average molecular weight is 300 g/mol. The van der Waals surface area contributed by atoms with Crippen LogP contribution in [0.15, 0.2) is 48.8 Å². The molecule has 1 fully saturated rings. The molecule has 2 aromatic rings. The zero-order valence-electron chi connectivity index (χ0n) is 12.3. The van der Waals surface area contributed by atoms with Crippen LogP contribution >= 0.6 is 0 Å². The maximum absolute atomic E-state index is 12.9. The molecule has 0 radical (unpaired) electrons. The first-order valence-corrected chi connectivity index (χ1v) is 7.50. The van der Waals surface area contributed by atoms with E-state index in [1.54, 1.807) is 12.1 Å². The Kier molecular flexibility index (Phi) is 4.44. The third-order valence-electron chi connectivity index (χ3n) is 4.05. The minimum absolute atomic E-state index is 0.0111. The van der Waals surface area contributed by atoms with Crippen LogP contribution in [0.3, 0.4) is 0 Å². The highest BCUT2D eigenvalue weighted by molar-refractivity contribution is 5.94. The zero-order valence-corrected chi connectivity index (χ0v) is 12.3. The molecule has 1 aromatic heterocycles. The summed E-state index contributed by atoms with van der Waals surface area (Å²) < 4.78 is 12.9. The Morgan fingerprint density at radius 3 is 2.36 bits per heavy atom. The summed E-state index contributed by atoms with van der Waals surface area (Å²) in [6.45, 7) is 4.28. The molecule has 5 heteroatoms. The molecule has 1 aromatic carbocycles. The summed E-state index contributed by atoms with van der Waals surface area (Å²) in [6.07, 6.45) is 3.62. The van der Waals surface area contributed by atoms with Crippen LogP contribution in [-0.2, 0) is 6.54 Å². The summed E-state index contributed by atoms with van der Waals surface area (Å²) in [6, 6.07) is 9.82. The highest BCUT2D eigenvalue weighted by atomic mass is 19.1. The smallest absolute Gasteiger partial charge is 0.254 e. The van der Waals surface area contributed by atoms with E-state index in [0.717, 1.165) is 32.7 Å². The molecule has 22 heavy (non-hydrogen) atoms. The number of rotatable bonds is 3. The van der Waals surface area contributed by atoms with Crippen molar-refractivity contribution in [2.45, 2.75) is 6.54 Å².